The summed E-state index contributed by atoms with van der Waals surface area (Å²) in [4.78, 5) is 34.9. The minimum atomic E-state index is -0.464. The van der Waals surface area contributed by atoms with Gasteiger partial charge in [-0.2, -0.15) is 0 Å². The Morgan fingerprint density at radius 3 is 3.09 bits per heavy atom. The zero-order valence-corrected chi connectivity index (χ0v) is 13.5. The maximum atomic E-state index is 12.4. The number of aromatic nitrogens is 2. The fraction of sp³-hybridized carbons (Fsp3) is 0.429. The van der Waals surface area contributed by atoms with Crippen molar-refractivity contribution < 1.29 is 9.59 Å². The third-order valence-electron chi connectivity index (χ3n) is 3.71. The Balaban J connectivity index is 1.69. The van der Waals surface area contributed by atoms with Gasteiger partial charge in [0.25, 0.3) is 0 Å². The lowest BCUT2D eigenvalue weighted by molar-refractivity contribution is -0.138. The zero-order chi connectivity index (χ0) is 15.5. The Kier molecular flexibility index (Phi) is 4.58. The number of hydrogen-bond acceptors (Lipinski definition) is 6. The Hall–Kier alpha value is -1.67. The topological polar surface area (TPSA) is 89.2 Å². The van der Waals surface area contributed by atoms with Crippen LogP contribution in [0.1, 0.15) is 19.3 Å². The second-order valence-corrected chi connectivity index (χ2v) is 6.97. The number of nitrogens with zero attached hydrogens (tertiary/aromatic N) is 3. The number of nitrogens with two attached hydrogens (primary N) is 1. The van der Waals surface area contributed by atoms with Crippen molar-refractivity contribution in [2.24, 2.45) is 5.73 Å². The van der Waals surface area contributed by atoms with Gasteiger partial charge in [-0.15, -0.1) is 11.3 Å². The van der Waals surface area contributed by atoms with Crippen molar-refractivity contribution in [3.05, 3.63) is 17.8 Å². The van der Waals surface area contributed by atoms with Crippen LogP contribution in [0.2, 0.25) is 0 Å². The van der Waals surface area contributed by atoms with E-state index in [1.165, 1.54) is 18.1 Å². The molecule has 0 bridgehead atoms. The Bertz CT molecular complexity index is 703. The molecular weight excluding hydrogens is 320 g/mol. The van der Waals surface area contributed by atoms with Crippen molar-refractivity contribution in [1.82, 2.24) is 14.9 Å². The Labute approximate surface area is 136 Å². The highest BCUT2D eigenvalue weighted by Crippen LogP contribution is 2.28. The number of carbonyl (C=O) groups is 2. The summed E-state index contributed by atoms with van der Waals surface area (Å²) >= 11 is 2.93. The van der Waals surface area contributed by atoms with Gasteiger partial charge in [0.2, 0.25) is 11.8 Å². The molecule has 0 spiro atoms. The normalized spacial score (nSPS) is 18.5. The minimum absolute atomic E-state index is 0.0597. The van der Waals surface area contributed by atoms with E-state index in [2.05, 4.69) is 9.97 Å². The molecule has 3 heterocycles. The maximum absolute atomic E-state index is 12.4. The summed E-state index contributed by atoms with van der Waals surface area (Å²) in [6, 6.07) is 1.49. The molecule has 3 rings (SSSR count). The summed E-state index contributed by atoms with van der Waals surface area (Å²) in [5.41, 5.74) is 5.40. The summed E-state index contributed by atoms with van der Waals surface area (Å²) in [5.74, 6) is -0.220. The first kappa shape index (κ1) is 15.2. The van der Waals surface area contributed by atoms with E-state index in [1.807, 2.05) is 11.4 Å². The number of carbonyl (C=O) groups excluding carboxylic acids is 2. The van der Waals surface area contributed by atoms with Crippen molar-refractivity contribution in [2.45, 2.75) is 30.3 Å². The van der Waals surface area contributed by atoms with Crippen molar-refractivity contribution in [3.8, 4) is 0 Å². The molecule has 1 saturated heterocycles. The van der Waals surface area contributed by atoms with Crippen LogP contribution in [0.5, 0.6) is 0 Å². The Morgan fingerprint density at radius 1 is 1.41 bits per heavy atom. The summed E-state index contributed by atoms with van der Waals surface area (Å²) < 4.78 is 0. The number of thioether (sulfide) groups is 1. The molecule has 2 N–H and O–H groups in total. The number of hydrogen-bond donors (Lipinski definition) is 1. The molecular formula is C14H16N4O2S2. The van der Waals surface area contributed by atoms with Crippen LogP contribution in [-0.2, 0) is 9.59 Å². The van der Waals surface area contributed by atoms with E-state index < -0.39 is 11.9 Å². The number of piperidine rings is 1. The molecule has 8 heteroatoms. The number of thiophene rings is 1. The highest BCUT2D eigenvalue weighted by atomic mass is 32.2. The predicted molar refractivity (Wildman–Crippen MR) is 86.7 cm³/mol. The van der Waals surface area contributed by atoms with Crippen molar-refractivity contribution in [1.29, 1.82) is 0 Å². The smallest absolute Gasteiger partial charge is 0.240 e. The van der Waals surface area contributed by atoms with Gasteiger partial charge in [0.1, 0.15) is 22.2 Å². The highest BCUT2D eigenvalue weighted by Gasteiger charge is 2.30. The van der Waals surface area contributed by atoms with Crippen molar-refractivity contribution in [3.63, 3.8) is 0 Å². The molecule has 2 aromatic rings. The summed E-state index contributed by atoms with van der Waals surface area (Å²) in [5, 5.41) is 3.72. The molecule has 6 nitrogen and oxygen atoms in total. The Morgan fingerprint density at radius 2 is 2.27 bits per heavy atom. The molecule has 1 unspecified atom stereocenters. The largest absolute Gasteiger partial charge is 0.368 e. The molecule has 0 radical (unpaired) electrons. The van der Waals surface area contributed by atoms with Crippen LogP contribution in [-0.4, -0.2) is 45.0 Å². The number of likely N-dealkylation sites (tertiary alicyclic amines) is 1. The van der Waals surface area contributed by atoms with Crippen LogP contribution in [0.4, 0.5) is 0 Å². The van der Waals surface area contributed by atoms with E-state index >= 15 is 0 Å². The van der Waals surface area contributed by atoms with Crippen LogP contribution in [0.25, 0.3) is 10.2 Å². The van der Waals surface area contributed by atoms with Gasteiger partial charge in [-0.25, -0.2) is 9.97 Å². The second kappa shape index (κ2) is 6.62. The molecule has 0 aromatic carbocycles. The maximum Gasteiger partial charge on any atom is 0.240 e. The van der Waals surface area contributed by atoms with Gasteiger partial charge >= 0.3 is 0 Å². The second-order valence-electron chi connectivity index (χ2n) is 5.11. The first-order chi connectivity index (χ1) is 10.7. The SMILES string of the molecule is NC(=O)C1CCCCN1C(=O)CSc1ncnc2sccc12. The van der Waals surface area contributed by atoms with Gasteiger partial charge in [-0.05, 0) is 30.7 Å². The summed E-state index contributed by atoms with van der Waals surface area (Å²) in [6.45, 7) is 0.602. The summed E-state index contributed by atoms with van der Waals surface area (Å²) in [6.07, 6.45) is 4.03. The summed E-state index contributed by atoms with van der Waals surface area (Å²) in [7, 11) is 0. The third kappa shape index (κ3) is 3.07. The molecule has 0 saturated carbocycles. The molecule has 1 fully saturated rings. The number of rotatable bonds is 4. The molecule has 116 valence electrons. The van der Waals surface area contributed by atoms with E-state index in [9.17, 15) is 9.59 Å². The standard InChI is InChI=1S/C14H16N4O2S2/c15-12(20)10-3-1-2-5-18(10)11(19)7-22-14-9-4-6-21-13(9)16-8-17-14/h4,6,8,10H,1-3,5,7H2,(H2,15,20). The average molecular weight is 336 g/mol. The highest BCUT2D eigenvalue weighted by molar-refractivity contribution is 8.00. The monoisotopic (exact) mass is 336 g/mol. The first-order valence-corrected chi connectivity index (χ1v) is 8.93. The van der Waals surface area contributed by atoms with Gasteiger partial charge in [0.05, 0.1) is 5.75 Å². The molecule has 2 aromatic heterocycles. The van der Waals surface area contributed by atoms with E-state index in [0.717, 1.165) is 28.1 Å². The number of fused-ring (bicyclic) bond motifs is 1. The van der Waals surface area contributed by atoms with Gasteiger partial charge in [0, 0.05) is 11.9 Å². The van der Waals surface area contributed by atoms with E-state index in [0.29, 0.717) is 13.0 Å². The van der Waals surface area contributed by atoms with Crippen LogP contribution >= 0.6 is 23.1 Å². The van der Waals surface area contributed by atoms with Crippen LogP contribution in [0.3, 0.4) is 0 Å². The quantitative estimate of drug-likeness (QED) is 0.677. The molecule has 1 aliphatic rings. The molecule has 1 atom stereocenters. The fourth-order valence-corrected chi connectivity index (χ4v) is 4.29. The van der Waals surface area contributed by atoms with Gasteiger partial charge in [0.15, 0.2) is 0 Å². The van der Waals surface area contributed by atoms with E-state index in [4.69, 9.17) is 5.73 Å². The molecule has 1 aliphatic heterocycles. The minimum Gasteiger partial charge on any atom is -0.368 e. The van der Waals surface area contributed by atoms with Gasteiger partial charge in [-0.3, -0.25) is 9.59 Å². The molecule has 2 amide bonds. The van der Waals surface area contributed by atoms with Crippen LogP contribution < -0.4 is 5.73 Å². The fourth-order valence-electron chi connectivity index (χ4n) is 2.62. The zero-order valence-electron chi connectivity index (χ0n) is 11.9. The van der Waals surface area contributed by atoms with Crippen molar-refractivity contribution >= 4 is 45.1 Å². The average Bonchev–Trinajstić information content (AvgIpc) is 3.01. The van der Waals surface area contributed by atoms with Gasteiger partial charge < -0.3 is 10.6 Å². The molecule has 0 aliphatic carbocycles. The number of primary amides is 1. The van der Waals surface area contributed by atoms with E-state index in [1.54, 1.807) is 16.2 Å². The van der Waals surface area contributed by atoms with E-state index in [-0.39, 0.29) is 11.7 Å². The van der Waals surface area contributed by atoms with Crippen LogP contribution in [0, 0.1) is 0 Å². The van der Waals surface area contributed by atoms with Crippen molar-refractivity contribution in [2.75, 3.05) is 12.3 Å². The predicted octanol–water partition coefficient (Wildman–Crippen LogP) is 1.65. The lowest BCUT2D eigenvalue weighted by Gasteiger charge is -2.33. The number of amides is 2. The third-order valence-corrected chi connectivity index (χ3v) is 5.52. The first-order valence-electron chi connectivity index (χ1n) is 7.06. The van der Waals surface area contributed by atoms with Crippen LogP contribution in [0.15, 0.2) is 22.8 Å². The lowest BCUT2D eigenvalue weighted by Crippen LogP contribution is -2.51. The van der Waals surface area contributed by atoms with Gasteiger partial charge in [-0.1, -0.05) is 11.8 Å². The lowest BCUT2D eigenvalue weighted by atomic mass is 10.0. The molecule has 22 heavy (non-hydrogen) atoms.